The molecule has 0 bridgehead atoms. The van der Waals surface area contributed by atoms with Gasteiger partial charge in [0.2, 0.25) is 11.8 Å². The first-order valence-corrected chi connectivity index (χ1v) is 3.67. The highest BCUT2D eigenvalue weighted by molar-refractivity contribution is 5.92. The van der Waals surface area contributed by atoms with Crippen LogP contribution in [0.2, 0.25) is 0 Å². The van der Waals surface area contributed by atoms with Gasteiger partial charge in [-0.1, -0.05) is 0 Å². The van der Waals surface area contributed by atoms with E-state index in [1.165, 1.54) is 0 Å². The van der Waals surface area contributed by atoms with Crippen LogP contribution in [0.15, 0.2) is 0 Å². The van der Waals surface area contributed by atoms with Gasteiger partial charge >= 0.3 is 0 Å². The molecule has 0 spiro atoms. The van der Waals surface area contributed by atoms with E-state index < -0.39 is 0 Å². The Kier molecular flexibility index (Phi) is 2.12. The summed E-state index contributed by atoms with van der Waals surface area (Å²) in [6.07, 6.45) is 0. The van der Waals surface area contributed by atoms with Crippen molar-refractivity contribution >= 4 is 11.8 Å². The summed E-state index contributed by atoms with van der Waals surface area (Å²) in [5.41, 5.74) is 0. The Bertz CT molecular complexity index is 189. The van der Waals surface area contributed by atoms with Crippen molar-refractivity contribution in [2.24, 2.45) is 0 Å². The van der Waals surface area contributed by atoms with E-state index in [1.54, 1.807) is 4.90 Å². The molecule has 0 unspecified atom stereocenters. The summed E-state index contributed by atoms with van der Waals surface area (Å²) in [4.78, 5) is 23.5. The molecule has 1 rings (SSSR count). The standard InChI is InChI=1S/C7H12N2O2/c1-5(2)9-4-6(10)8-3-7(9)11/h5H,3-4H2,1-2H3,(H,8,10). The minimum absolute atomic E-state index is 0.000370. The van der Waals surface area contributed by atoms with Gasteiger partial charge in [-0.2, -0.15) is 0 Å². The molecular weight excluding hydrogens is 144 g/mol. The highest BCUT2D eigenvalue weighted by atomic mass is 16.2. The van der Waals surface area contributed by atoms with Gasteiger partial charge in [0.1, 0.15) is 0 Å². The van der Waals surface area contributed by atoms with E-state index >= 15 is 0 Å². The Morgan fingerprint density at radius 2 is 2.09 bits per heavy atom. The maximum absolute atomic E-state index is 11.1. The lowest BCUT2D eigenvalue weighted by molar-refractivity contribution is -0.142. The number of nitrogens with zero attached hydrogens (tertiary/aromatic N) is 1. The number of hydrogen-bond acceptors (Lipinski definition) is 2. The minimum atomic E-state index is -0.0710. The summed E-state index contributed by atoms with van der Waals surface area (Å²) in [5, 5.41) is 2.49. The monoisotopic (exact) mass is 156 g/mol. The van der Waals surface area contributed by atoms with Crippen molar-refractivity contribution in [1.82, 2.24) is 10.2 Å². The molecule has 0 aromatic carbocycles. The molecule has 4 heteroatoms. The van der Waals surface area contributed by atoms with Crippen LogP contribution in [0.25, 0.3) is 0 Å². The number of carbonyl (C=O) groups excluding carboxylic acids is 2. The zero-order chi connectivity index (χ0) is 8.43. The van der Waals surface area contributed by atoms with Crippen LogP contribution >= 0.6 is 0 Å². The van der Waals surface area contributed by atoms with Crippen LogP contribution in [0.5, 0.6) is 0 Å². The van der Waals surface area contributed by atoms with Crippen LogP contribution in [0.3, 0.4) is 0 Å². The van der Waals surface area contributed by atoms with E-state index in [9.17, 15) is 9.59 Å². The second kappa shape index (κ2) is 2.90. The number of amides is 2. The van der Waals surface area contributed by atoms with E-state index in [0.717, 1.165) is 0 Å². The van der Waals surface area contributed by atoms with Gasteiger partial charge in [-0.15, -0.1) is 0 Å². The fourth-order valence-electron chi connectivity index (χ4n) is 1.05. The summed E-state index contributed by atoms with van der Waals surface area (Å²) >= 11 is 0. The van der Waals surface area contributed by atoms with Gasteiger partial charge < -0.3 is 10.2 Å². The first-order chi connectivity index (χ1) is 5.11. The number of piperazine rings is 1. The van der Waals surface area contributed by atoms with E-state index in [1.807, 2.05) is 13.8 Å². The van der Waals surface area contributed by atoms with Crippen molar-refractivity contribution in [3.05, 3.63) is 0 Å². The quantitative estimate of drug-likeness (QED) is 0.548. The number of rotatable bonds is 1. The Hall–Kier alpha value is -1.06. The first kappa shape index (κ1) is 8.04. The van der Waals surface area contributed by atoms with Crippen molar-refractivity contribution in [3.8, 4) is 0 Å². The fourth-order valence-corrected chi connectivity index (χ4v) is 1.05. The third-order valence-corrected chi connectivity index (χ3v) is 1.69. The molecule has 0 aliphatic carbocycles. The second-order valence-electron chi connectivity index (χ2n) is 2.89. The van der Waals surface area contributed by atoms with Gasteiger partial charge in [0.15, 0.2) is 0 Å². The smallest absolute Gasteiger partial charge is 0.242 e. The van der Waals surface area contributed by atoms with Crippen molar-refractivity contribution < 1.29 is 9.59 Å². The van der Waals surface area contributed by atoms with Crippen LogP contribution in [-0.4, -0.2) is 35.8 Å². The van der Waals surface area contributed by atoms with Crippen LogP contribution in [0.4, 0.5) is 0 Å². The molecule has 0 atom stereocenters. The van der Waals surface area contributed by atoms with Crippen molar-refractivity contribution in [3.63, 3.8) is 0 Å². The highest BCUT2D eigenvalue weighted by Gasteiger charge is 2.24. The Labute approximate surface area is 65.6 Å². The van der Waals surface area contributed by atoms with E-state index in [0.29, 0.717) is 0 Å². The molecule has 4 nitrogen and oxygen atoms in total. The molecule has 0 saturated carbocycles. The third kappa shape index (κ3) is 1.69. The Morgan fingerprint density at radius 3 is 2.55 bits per heavy atom. The largest absolute Gasteiger partial charge is 0.345 e. The molecule has 62 valence electrons. The molecule has 1 aliphatic heterocycles. The number of carbonyl (C=O) groups is 2. The van der Waals surface area contributed by atoms with Gasteiger partial charge in [0.25, 0.3) is 0 Å². The van der Waals surface area contributed by atoms with Crippen molar-refractivity contribution in [2.45, 2.75) is 19.9 Å². The van der Waals surface area contributed by atoms with Gasteiger partial charge in [-0.3, -0.25) is 9.59 Å². The number of nitrogens with one attached hydrogen (secondary N) is 1. The summed E-state index contributed by atoms with van der Waals surface area (Å²) < 4.78 is 0. The zero-order valence-electron chi connectivity index (χ0n) is 6.76. The summed E-state index contributed by atoms with van der Waals surface area (Å²) in [7, 11) is 0. The average Bonchev–Trinajstić information content (AvgIpc) is 1.94. The van der Waals surface area contributed by atoms with Crippen LogP contribution in [0, 0.1) is 0 Å². The summed E-state index contributed by atoms with van der Waals surface area (Å²) in [6, 6.07) is 0.119. The molecule has 1 aliphatic rings. The second-order valence-corrected chi connectivity index (χ2v) is 2.89. The average molecular weight is 156 g/mol. The van der Waals surface area contributed by atoms with E-state index in [2.05, 4.69) is 5.32 Å². The molecule has 1 saturated heterocycles. The van der Waals surface area contributed by atoms with Crippen LogP contribution in [-0.2, 0) is 9.59 Å². The number of hydrogen-bond donors (Lipinski definition) is 1. The van der Waals surface area contributed by atoms with E-state index in [-0.39, 0.29) is 30.9 Å². The molecule has 1 fully saturated rings. The van der Waals surface area contributed by atoms with E-state index in [4.69, 9.17) is 0 Å². The lowest BCUT2D eigenvalue weighted by atomic mass is 10.2. The van der Waals surface area contributed by atoms with Crippen molar-refractivity contribution in [2.75, 3.05) is 13.1 Å². The summed E-state index contributed by atoms with van der Waals surface area (Å²) in [6.45, 7) is 4.15. The highest BCUT2D eigenvalue weighted by Crippen LogP contribution is 2.01. The third-order valence-electron chi connectivity index (χ3n) is 1.69. The molecule has 11 heavy (non-hydrogen) atoms. The fraction of sp³-hybridized carbons (Fsp3) is 0.714. The lowest BCUT2D eigenvalue weighted by Gasteiger charge is -2.29. The Balaban J connectivity index is 2.61. The molecule has 0 radical (unpaired) electrons. The SMILES string of the molecule is CC(C)N1CC(=O)NCC1=O. The van der Waals surface area contributed by atoms with Gasteiger partial charge in [-0.25, -0.2) is 0 Å². The molecule has 2 amide bonds. The molecule has 0 aromatic heterocycles. The maximum atomic E-state index is 11.1. The predicted octanol–water partition coefficient (Wildman–Crippen LogP) is -0.647. The molecule has 1 heterocycles. The molecule has 1 N–H and O–H groups in total. The van der Waals surface area contributed by atoms with Gasteiger partial charge in [0, 0.05) is 6.04 Å². The lowest BCUT2D eigenvalue weighted by Crippen LogP contribution is -2.53. The maximum Gasteiger partial charge on any atom is 0.242 e. The minimum Gasteiger partial charge on any atom is -0.345 e. The van der Waals surface area contributed by atoms with Gasteiger partial charge in [-0.05, 0) is 13.8 Å². The predicted molar refractivity (Wildman–Crippen MR) is 39.9 cm³/mol. The normalized spacial score (nSPS) is 19.0. The first-order valence-electron chi connectivity index (χ1n) is 3.67. The Morgan fingerprint density at radius 1 is 1.45 bits per heavy atom. The van der Waals surface area contributed by atoms with Crippen LogP contribution in [0.1, 0.15) is 13.8 Å². The topological polar surface area (TPSA) is 49.4 Å². The van der Waals surface area contributed by atoms with Crippen molar-refractivity contribution in [1.29, 1.82) is 0 Å². The van der Waals surface area contributed by atoms with Gasteiger partial charge in [0.05, 0.1) is 13.1 Å². The molecule has 0 aromatic rings. The van der Waals surface area contributed by atoms with Crippen LogP contribution < -0.4 is 5.32 Å². The molecular formula is C7H12N2O2. The zero-order valence-corrected chi connectivity index (χ0v) is 6.76. The summed E-state index contributed by atoms with van der Waals surface area (Å²) in [5.74, 6) is -0.0714.